The highest BCUT2D eigenvalue weighted by molar-refractivity contribution is 5.26. The molecule has 1 aromatic rings. The Bertz CT molecular complexity index is 303. The standard InChI is InChI=1S/C12H20N2O2/c1-14(2)8-4-5-11-12(16-10-9-15)6-3-7-13-11/h3,6-7,15H,4-5,8-10H2,1-2H3. The Labute approximate surface area is 96.9 Å². The molecule has 0 aliphatic carbocycles. The summed E-state index contributed by atoms with van der Waals surface area (Å²) < 4.78 is 5.42. The molecule has 16 heavy (non-hydrogen) atoms. The second-order valence-corrected chi connectivity index (χ2v) is 3.93. The van der Waals surface area contributed by atoms with E-state index in [-0.39, 0.29) is 6.61 Å². The molecule has 4 nitrogen and oxygen atoms in total. The molecular weight excluding hydrogens is 204 g/mol. The first kappa shape index (κ1) is 12.9. The fourth-order valence-corrected chi connectivity index (χ4v) is 1.46. The minimum Gasteiger partial charge on any atom is -0.489 e. The quantitative estimate of drug-likeness (QED) is 0.749. The van der Waals surface area contributed by atoms with E-state index in [1.54, 1.807) is 6.20 Å². The maximum Gasteiger partial charge on any atom is 0.140 e. The van der Waals surface area contributed by atoms with Crippen molar-refractivity contribution in [3.05, 3.63) is 24.0 Å². The highest BCUT2D eigenvalue weighted by atomic mass is 16.5. The number of hydrogen-bond acceptors (Lipinski definition) is 4. The topological polar surface area (TPSA) is 45.6 Å². The molecule has 0 amide bonds. The van der Waals surface area contributed by atoms with Crippen LogP contribution in [0.4, 0.5) is 0 Å². The Morgan fingerprint density at radius 1 is 1.44 bits per heavy atom. The van der Waals surface area contributed by atoms with Crippen LogP contribution in [0.1, 0.15) is 12.1 Å². The van der Waals surface area contributed by atoms with E-state index in [0.29, 0.717) is 6.61 Å². The molecule has 0 aliphatic rings. The number of rotatable bonds is 7. The molecule has 0 atom stereocenters. The van der Waals surface area contributed by atoms with Crippen molar-refractivity contribution in [3.8, 4) is 5.75 Å². The summed E-state index contributed by atoms with van der Waals surface area (Å²) in [5.74, 6) is 0.787. The van der Waals surface area contributed by atoms with E-state index in [1.165, 1.54) is 0 Å². The maximum atomic E-state index is 8.72. The van der Waals surface area contributed by atoms with Crippen molar-refractivity contribution in [2.75, 3.05) is 33.9 Å². The molecule has 0 unspecified atom stereocenters. The molecule has 1 heterocycles. The lowest BCUT2D eigenvalue weighted by Gasteiger charge is -2.11. The number of aliphatic hydroxyl groups is 1. The van der Waals surface area contributed by atoms with Crippen molar-refractivity contribution < 1.29 is 9.84 Å². The smallest absolute Gasteiger partial charge is 0.140 e. The Morgan fingerprint density at radius 2 is 2.25 bits per heavy atom. The molecule has 0 radical (unpaired) electrons. The Balaban J connectivity index is 2.49. The number of hydrogen-bond donors (Lipinski definition) is 1. The van der Waals surface area contributed by atoms with Crippen LogP contribution in [0.2, 0.25) is 0 Å². The predicted octanol–water partition coefficient (Wildman–Crippen LogP) is 0.947. The first-order valence-electron chi connectivity index (χ1n) is 5.56. The molecule has 0 aromatic carbocycles. The monoisotopic (exact) mass is 224 g/mol. The predicted molar refractivity (Wildman–Crippen MR) is 63.7 cm³/mol. The lowest BCUT2D eigenvalue weighted by atomic mass is 10.2. The lowest BCUT2D eigenvalue weighted by Crippen LogP contribution is -2.14. The van der Waals surface area contributed by atoms with Gasteiger partial charge in [0.2, 0.25) is 0 Å². The third-order valence-corrected chi connectivity index (χ3v) is 2.22. The van der Waals surface area contributed by atoms with Gasteiger partial charge in [-0.3, -0.25) is 4.98 Å². The summed E-state index contributed by atoms with van der Waals surface area (Å²) in [4.78, 5) is 6.45. The molecular formula is C12H20N2O2. The van der Waals surface area contributed by atoms with Crippen LogP contribution >= 0.6 is 0 Å². The van der Waals surface area contributed by atoms with Gasteiger partial charge in [-0.1, -0.05) is 0 Å². The van der Waals surface area contributed by atoms with Crippen LogP contribution in [0.15, 0.2) is 18.3 Å². The van der Waals surface area contributed by atoms with Gasteiger partial charge in [0.25, 0.3) is 0 Å². The average molecular weight is 224 g/mol. The van der Waals surface area contributed by atoms with Crippen molar-refractivity contribution in [2.24, 2.45) is 0 Å². The molecule has 0 aliphatic heterocycles. The molecule has 0 spiro atoms. The third-order valence-electron chi connectivity index (χ3n) is 2.22. The summed E-state index contributed by atoms with van der Waals surface area (Å²) in [5, 5.41) is 8.72. The number of aryl methyl sites for hydroxylation is 1. The molecule has 4 heteroatoms. The van der Waals surface area contributed by atoms with Crippen LogP contribution in [0, 0.1) is 0 Å². The number of ether oxygens (including phenoxy) is 1. The van der Waals surface area contributed by atoms with Crippen molar-refractivity contribution in [1.29, 1.82) is 0 Å². The minimum atomic E-state index is 0.0338. The second kappa shape index (κ2) is 7.19. The van der Waals surface area contributed by atoms with Crippen LogP contribution in [-0.4, -0.2) is 48.8 Å². The van der Waals surface area contributed by atoms with Gasteiger partial charge in [-0.2, -0.15) is 0 Å². The van der Waals surface area contributed by atoms with E-state index in [1.807, 2.05) is 12.1 Å². The largest absolute Gasteiger partial charge is 0.489 e. The zero-order valence-electron chi connectivity index (χ0n) is 10.0. The van der Waals surface area contributed by atoms with Crippen molar-refractivity contribution in [3.63, 3.8) is 0 Å². The summed E-state index contributed by atoms with van der Waals surface area (Å²) >= 11 is 0. The first-order valence-corrected chi connectivity index (χ1v) is 5.56. The van der Waals surface area contributed by atoms with E-state index in [4.69, 9.17) is 9.84 Å². The summed E-state index contributed by atoms with van der Waals surface area (Å²) in [5.41, 5.74) is 0.970. The van der Waals surface area contributed by atoms with Gasteiger partial charge in [0.15, 0.2) is 0 Å². The van der Waals surface area contributed by atoms with Crippen molar-refractivity contribution >= 4 is 0 Å². The highest BCUT2D eigenvalue weighted by Gasteiger charge is 2.04. The fraction of sp³-hybridized carbons (Fsp3) is 0.583. The average Bonchev–Trinajstić information content (AvgIpc) is 2.27. The van der Waals surface area contributed by atoms with Gasteiger partial charge in [0.1, 0.15) is 12.4 Å². The summed E-state index contributed by atoms with van der Waals surface area (Å²) in [7, 11) is 4.11. The SMILES string of the molecule is CN(C)CCCc1ncccc1OCCO. The van der Waals surface area contributed by atoms with Crippen LogP contribution in [-0.2, 0) is 6.42 Å². The van der Waals surface area contributed by atoms with Crippen LogP contribution < -0.4 is 4.74 Å². The third kappa shape index (κ3) is 4.59. The van der Waals surface area contributed by atoms with Crippen LogP contribution in [0.5, 0.6) is 5.75 Å². The van der Waals surface area contributed by atoms with E-state index in [9.17, 15) is 0 Å². The van der Waals surface area contributed by atoms with Gasteiger partial charge in [-0.15, -0.1) is 0 Å². The van der Waals surface area contributed by atoms with Crippen LogP contribution in [0.3, 0.4) is 0 Å². The summed E-state index contributed by atoms with van der Waals surface area (Å²) in [6.07, 6.45) is 3.73. The van der Waals surface area contributed by atoms with Gasteiger partial charge in [0, 0.05) is 6.20 Å². The molecule has 1 N–H and O–H groups in total. The van der Waals surface area contributed by atoms with E-state index >= 15 is 0 Å². The number of aromatic nitrogens is 1. The molecule has 0 fully saturated rings. The van der Waals surface area contributed by atoms with Crippen LogP contribution in [0.25, 0.3) is 0 Å². The number of aliphatic hydroxyl groups excluding tert-OH is 1. The number of pyridine rings is 1. The first-order chi connectivity index (χ1) is 7.74. The molecule has 0 saturated heterocycles. The van der Waals surface area contributed by atoms with Gasteiger partial charge in [-0.25, -0.2) is 0 Å². The zero-order valence-corrected chi connectivity index (χ0v) is 10.0. The van der Waals surface area contributed by atoms with E-state index in [0.717, 1.165) is 30.8 Å². The Morgan fingerprint density at radius 3 is 2.94 bits per heavy atom. The van der Waals surface area contributed by atoms with Gasteiger partial charge in [-0.05, 0) is 45.6 Å². The lowest BCUT2D eigenvalue weighted by molar-refractivity contribution is 0.199. The van der Waals surface area contributed by atoms with E-state index < -0.39 is 0 Å². The summed E-state index contributed by atoms with van der Waals surface area (Å²) in [6, 6.07) is 3.75. The zero-order chi connectivity index (χ0) is 11.8. The fourth-order valence-electron chi connectivity index (χ4n) is 1.46. The Hall–Kier alpha value is -1.13. The van der Waals surface area contributed by atoms with Crippen molar-refractivity contribution in [1.82, 2.24) is 9.88 Å². The maximum absolute atomic E-state index is 8.72. The summed E-state index contributed by atoms with van der Waals surface area (Å²) in [6.45, 7) is 1.40. The molecule has 90 valence electrons. The minimum absolute atomic E-state index is 0.0338. The molecule has 0 bridgehead atoms. The second-order valence-electron chi connectivity index (χ2n) is 3.93. The van der Waals surface area contributed by atoms with E-state index in [2.05, 4.69) is 24.0 Å². The Kier molecular flexibility index (Phi) is 5.82. The molecule has 0 saturated carbocycles. The van der Waals surface area contributed by atoms with Crippen molar-refractivity contribution in [2.45, 2.75) is 12.8 Å². The normalized spacial score (nSPS) is 10.8. The van der Waals surface area contributed by atoms with Gasteiger partial charge < -0.3 is 14.7 Å². The highest BCUT2D eigenvalue weighted by Crippen LogP contribution is 2.16. The molecule has 1 rings (SSSR count). The van der Waals surface area contributed by atoms with Gasteiger partial charge >= 0.3 is 0 Å². The van der Waals surface area contributed by atoms with Gasteiger partial charge in [0.05, 0.1) is 12.3 Å². The molecule has 1 aromatic heterocycles. The number of nitrogens with zero attached hydrogens (tertiary/aromatic N) is 2.